The second kappa shape index (κ2) is 5.50. The first-order chi connectivity index (χ1) is 7.66. The van der Waals surface area contributed by atoms with Crippen molar-refractivity contribution in [2.75, 3.05) is 20.1 Å². The molecule has 1 saturated heterocycles. The van der Waals surface area contributed by atoms with E-state index < -0.39 is 0 Å². The molecule has 2 nitrogen and oxygen atoms in total. The standard InChI is InChI=1S/C14H28N2/c1-11(13-5-4-6-13)15-12(2)14-7-9-16(3)10-8-14/h11-15H,4-10H2,1-3H3/t11-,12+/m1/s1. The summed E-state index contributed by atoms with van der Waals surface area (Å²) in [5.74, 6) is 1.87. The minimum Gasteiger partial charge on any atom is -0.311 e. The molecule has 0 aromatic heterocycles. The van der Waals surface area contributed by atoms with Gasteiger partial charge in [0.25, 0.3) is 0 Å². The molecule has 94 valence electrons. The van der Waals surface area contributed by atoms with E-state index in [2.05, 4.69) is 31.1 Å². The highest BCUT2D eigenvalue weighted by atomic mass is 15.1. The SMILES string of the molecule is C[C@H](N[C@H](C)C1CCC1)C1CCN(C)CC1. The fraction of sp³-hybridized carbons (Fsp3) is 1.00. The van der Waals surface area contributed by atoms with Crippen LogP contribution in [-0.2, 0) is 0 Å². The highest BCUT2D eigenvalue weighted by Crippen LogP contribution is 2.30. The third-order valence-electron chi connectivity index (χ3n) is 4.85. The predicted octanol–water partition coefficient (Wildman–Crippen LogP) is 2.49. The zero-order valence-corrected chi connectivity index (χ0v) is 11.2. The molecule has 1 aliphatic carbocycles. The van der Waals surface area contributed by atoms with Crippen LogP contribution in [0.4, 0.5) is 0 Å². The average Bonchev–Trinajstić information content (AvgIpc) is 2.15. The summed E-state index contributed by atoms with van der Waals surface area (Å²) < 4.78 is 0. The Morgan fingerprint density at radius 2 is 1.44 bits per heavy atom. The van der Waals surface area contributed by atoms with Gasteiger partial charge in [0.2, 0.25) is 0 Å². The molecule has 0 radical (unpaired) electrons. The number of nitrogens with one attached hydrogen (secondary N) is 1. The van der Waals surface area contributed by atoms with Crippen LogP contribution in [0.5, 0.6) is 0 Å². The van der Waals surface area contributed by atoms with Crippen molar-refractivity contribution in [2.45, 2.75) is 58.0 Å². The molecule has 1 aliphatic heterocycles. The number of hydrogen-bond acceptors (Lipinski definition) is 2. The number of nitrogens with zero attached hydrogens (tertiary/aromatic N) is 1. The summed E-state index contributed by atoms with van der Waals surface area (Å²) in [5.41, 5.74) is 0. The van der Waals surface area contributed by atoms with Crippen molar-refractivity contribution >= 4 is 0 Å². The first-order valence-corrected chi connectivity index (χ1v) is 7.11. The van der Waals surface area contributed by atoms with E-state index in [9.17, 15) is 0 Å². The lowest BCUT2D eigenvalue weighted by molar-refractivity contribution is 0.163. The van der Waals surface area contributed by atoms with Gasteiger partial charge in [0.1, 0.15) is 0 Å². The van der Waals surface area contributed by atoms with Crippen LogP contribution in [0.3, 0.4) is 0 Å². The lowest BCUT2D eigenvalue weighted by Crippen LogP contribution is -2.47. The van der Waals surface area contributed by atoms with Crippen molar-refractivity contribution in [3.8, 4) is 0 Å². The molecule has 1 heterocycles. The van der Waals surface area contributed by atoms with E-state index in [0.717, 1.165) is 17.9 Å². The van der Waals surface area contributed by atoms with E-state index in [1.807, 2.05) is 0 Å². The van der Waals surface area contributed by atoms with Gasteiger partial charge >= 0.3 is 0 Å². The molecule has 1 saturated carbocycles. The molecule has 2 aliphatic rings. The Labute approximate surface area is 101 Å². The molecule has 0 amide bonds. The molecule has 2 heteroatoms. The predicted molar refractivity (Wildman–Crippen MR) is 69.6 cm³/mol. The molecule has 2 atom stereocenters. The van der Waals surface area contributed by atoms with Gasteiger partial charge in [-0.05, 0) is 71.5 Å². The van der Waals surface area contributed by atoms with Crippen molar-refractivity contribution in [1.82, 2.24) is 10.2 Å². The van der Waals surface area contributed by atoms with Crippen LogP contribution in [0, 0.1) is 11.8 Å². The smallest absolute Gasteiger partial charge is 0.00705 e. The molecular weight excluding hydrogens is 196 g/mol. The Kier molecular flexibility index (Phi) is 4.26. The van der Waals surface area contributed by atoms with Gasteiger partial charge in [0.15, 0.2) is 0 Å². The number of rotatable bonds is 4. The Morgan fingerprint density at radius 3 is 1.88 bits per heavy atom. The van der Waals surface area contributed by atoms with E-state index in [4.69, 9.17) is 0 Å². The largest absolute Gasteiger partial charge is 0.311 e. The summed E-state index contributed by atoms with van der Waals surface area (Å²) in [6.45, 7) is 7.35. The first-order valence-electron chi connectivity index (χ1n) is 7.11. The van der Waals surface area contributed by atoms with Crippen molar-refractivity contribution in [3.63, 3.8) is 0 Å². The van der Waals surface area contributed by atoms with Crippen LogP contribution in [0.15, 0.2) is 0 Å². The Hall–Kier alpha value is -0.0800. The maximum absolute atomic E-state index is 3.85. The monoisotopic (exact) mass is 224 g/mol. The van der Waals surface area contributed by atoms with E-state index in [0.29, 0.717) is 6.04 Å². The van der Waals surface area contributed by atoms with Crippen LogP contribution in [0.2, 0.25) is 0 Å². The number of hydrogen-bond donors (Lipinski definition) is 1. The number of piperidine rings is 1. The van der Waals surface area contributed by atoms with E-state index in [1.165, 1.54) is 45.2 Å². The van der Waals surface area contributed by atoms with Crippen molar-refractivity contribution in [1.29, 1.82) is 0 Å². The normalized spacial score (nSPS) is 28.7. The molecule has 0 bridgehead atoms. The molecule has 2 fully saturated rings. The van der Waals surface area contributed by atoms with E-state index >= 15 is 0 Å². The molecule has 16 heavy (non-hydrogen) atoms. The van der Waals surface area contributed by atoms with Gasteiger partial charge in [-0.25, -0.2) is 0 Å². The molecule has 0 unspecified atom stereocenters. The summed E-state index contributed by atoms with van der Waals surface area (Å²) in [5, 5.41) is 3.85. The van der Waals surface area contributed by atoms with Gasteiger partial charge in [0, 0.05) is 12.1 Å². The Bertz CT molecular complexity index is 205. The Morgan fingerprint density at radius 1 is 0.938 bits per heavy atom. The maximum atomic E-state index is 3.85. The zero-order chi connectivity index (χ0) is 11.5. The van der Waals surface area contributed by atoms with Gasteiger partial charge in [-0.1, -0.05) is 6.42 Å². The minimum absolute atomic E-state index is 0.712. The van der Waals surface area contributed by atoms with Gasteiger partial charge < -0.3 is 10.2 Å². The van der Waals surface area contributed by atoms with Crippen molar-refractivity contribution < 1.29 is 0 Å². The maximum Gasteiger partial charge on any atom is 0.00705 e. The summed E-state index contributed by atoms with van der Waals surface area (Å²) in [7, 11) is 2.24. The van der Waals surface area contributed by atoms with Gasteiger partial charge in [-0.2, -0.15) is 0 Å². The van der Waals surface area contributed by atoms with Crippen molar-refractivity contribution in [3.05, 3.63) is 0 Å². The fourth-order valence-electron chi connectivity index (χ4n) is 3.16. The van der Waals surface area contributed by atoms with Crippen LogP contribution >= 0.6 is 0 Å². The molecule has 0 aromatic carbocycles. The third-order valence-corrected chi connectivity index (χ3v) is 4.85. The average molecular weight is 224 g/mol. The molecular formula is C14H28N2. The summed E-state index contributed by atoms with van der Waals surface area (Å²) in [4.78, 5) is 2.46. The molecule has 0 aromatic rings. The minimum atomic E-state index is 0.712. The van der Waals surface area contributed by atoms with Crippen LogP contribution < -0.4 is 5.32 Å². The topological polar surface area (TPSA) is 15.3 Å². The lowest BCUT2D eigenvalue weighted by Gasteiger charge is -2.38. The van der Waals surface area contributed by atoms with E-state index in [-0.39, 0.29) is 0 Å². The second-order valence-corrected chi connectivity index (χ2v) is 6.08. The van der Waals surface area contributed by atoms with Crippen LogP contribution in [0.25, 0.3) is 0 Å². The highest BCUT2D eigenvalue weighted by Gasteiger charge is 2.28. The fourth-order valence-corrected chi connectivity index (χ4v) is 3.16. The lowest BCUT2D eigenvalue weighted by atomic mass is 9.79. The summed E-state index contributed by atoms with van der Waals surface area (Å²) >= 11 is 0. The summed E-state index contributed by atoms with van der Waals surface area (Å²) in [6, 6.07) is 1.45. The molecule has 0 spiro atoms. The second-order valence-electron chi connectivity index (χ2n) is 6.08. The molecule has 2 rings (SSSR count). The zero-order valence-electron chi connectivity index (χ0n) is 11.2. The van der Waals surface area contributed by atoms with Gasteiger partial charge in [-0.3, -0.25) is 0 Å². The van der Waals surface area contributed by atoms with Crippen LogP contribution in [-0.4, -0.2) is 37.1 Å². The molecule has 1 N–H and O–H groups in total. The quantitative estimate of drug-likeness (QED) is 0.789. The van der Waals surface area contributed by atoms with Crippen molar-refractivity contribution in [2.24, 2.45) is 11.8 Å². The first kappa shape index (κ1) is 12.4. The summed E-state index contributed by atoms with van der Waals surface area (Å²) in [6.07, 6.45) is 7.12. The van der Waals surface area contributed by atoms with E-state index in [1.54, 1.807) is 0 Å². The van der Waals surface area contributed by atoms with Gasteiger partial charge in [0.05, 0.1) is 0 Å². The Balaban J connectivity index is 1.72. The highest BCUT2D eigenvalue weighted by molar-refractivity contribution is 4.85. The van der Waals surface area contributed by atoms with Crippen LogP contribution in [0.1, 0.15) is 46.0 Å². The number of likely N-dealkylation sites (tertiary alicyclic amines) is 1. The third kappa shape index (κ3) is 2.98. The van der Waals surface area contributed by atoms with Gasteiger partial charge in [-0.15, -0.1) is 0 Å².